The molecule has 2 nitrogen and oxygen atoms in total. The second-order valence-corrected chi connectivity index (χ2v) is 6.01. The van der Waals surface area contributed by atoms with Gasteiger partial charge in [0.2, 0.25) is 5.78 Å². The molecule has 0 atom stereocenters. The van der Waals surface area contributed by atoms with E-state index in [4.69, 9.17) is 4.74 Å². The zero-order valence-corrected chi connectivity index (χ0v) is 12.9. The Hall–Kier alpha value is -0.810. The van der Waals surface area contributed by atoms with Crippen molar-refractivity contribution in [2.75, 3.05) is 7.11 Å². The summed E-state index contributed by atoms with van der Waals surface area (Å²) in [6.45, 7) is 0. The third-order valence-electron chi connectivity index (χ3n) is 3.99. The van der Waals surface area contributed by atoms with Crippen molar-refractivity contribution >= 4 is 21.7 Å². The van der Waals surface area contributed by atoms with Gasteiger partial charge in [-0.3, -0.25) is 4.79 Å². The van der Waals surface area contributed by atoms with Crippen LogP contribution < -0.4 is 0 Å². The first-order valence-electron chi connectivity index (χ1n) is 6.75. The summed E-state index contributed by atoms with van der Waals surface area (Å²) in [5, 5.41) is 0. The molecule has 0 heterocycles. The lowest BCUT2D eigenvalue weighted by molar-refractivity contribution is -0.00757. The van der Waals surface area contributed by atoms with E-state index in [1.165, 1.54) is 13.2 Å². The van der Waals surface area contributed by atoms with Crippen LogP contribution in [0.1, 0.15) is 48.9 Å². The average molecular weight is 347 g/mol. The first-order valence-corrected chi connectivity index (χ1v) is 7.54. The van der Waals surface area contributed by atoms with Gasteiger partial charge in [0.15, 0.2) is 5.82 Å². The highest BCUT2D eigenvalue weighted by molar-refractivity contribution is 9.10. The van der Waals surface area contributed by atoms with Crippen LogP contribution in [0.4, 0.5) is 8.78 Å². The summed E-state index contributed by atoms with van der Waals surface area (Å²) >= 11 is 2.99. The summed E-state index contributed by atoms with van der Waals surface area (Å²) in [6, 6.07) is 2.36. The van der Waals surface area contributed by atoms with E-state index in [1.807, 2.05) is 0 Å². The molecule has 5 heteroatoms. The molecule has 0 amide bonds. The predicted molar refractivity (Wildman–Crippen MR) is 75.8 cm³/mol. The normalized spacial score (nSPS) is 18.6. The molecule has 0 bridgehead atoms. The van der Waals surface area contributed by atoms with Crippen molar-refractivity contribution in [3.05, 3.63) is 33.8 Å². The van der Waals surface area contributed by atoms with Crippen molar-refractivity contribution in [3.63, 3.8) is 0 Å². The number of halogens is 3. The number of ketones is 1. The SMILES string of the molecule is COC1(C(=O)c2c(F)ccc(Br)c2F)CCCCCC1. The van der Waals surface area contributed by atoms with Gasteiger partial charge in [-0.2, -0.15) is 0 Å². The Kier molecular flexibility index (Phi) is 4.91. The van der Waals surface area contributed by atoms with Crippen LogP contribution in [0.5, 0.6) is 0 Å². The second kappa shape index (κ2) is 6.31. The van der Waals surface area contributed by atoms with Gasteiger partial charge in [-0.15, -0.1) is 0 Å². The summed E-state index contributed by atoms with van der Waals surface area (Å²) in [5.74, 6) is -2.27. The minimum absolute atomic E-state index is 0.0853. The molecule has 0 aromatic heterocycles. The highest BCUT2D eigenvalue weighted by Crippen LogP contribution is 2.35. The van der Waals surface area contributed by atoms with E-state index in [-0.39, 0.29) is 4.47 Å². The predicted octanol–water partition coefficient (Wildman–Crippen LogP) is 4.65. The number of rotatable bonds is 3. The second-order valence-electron chi connectivity index (χ2n) is 5.16. The van der Waals surface area contributed by atoms with E-state index in [0.29, 0.717) is 12.8 Å². The zero-order valence-electron chi connectivity index (χ0n) is 11.3. The van der Waals surface area contributed by atoms with Gasteiger partial charge in [-0.05, 0) is 40.9 Å². The van der Waals surface area contributed by atoms with Crippen LogP contribution in [0.2, 0.25) is 0 Å². The van der Waals surface area contributed by atoms with Crippen LogP contribution in [0.15, 0.2) is 16.6 Å². The van der Waals surface area contributed by atoms with Crippen LogP contribution in [-0.2, 0) is 4.74 Å². The van der Waals surface area contributed by atoms with Gasteiger partial charge < -0.3 is 4.74 Å². The Bertz CT molecular complexity index is 509. The molecule has 1 fully saturated rings. The molecule has 0 radical (unpaired) electrons. The van der Waals surface area contributed by atoms with Crippen molar-refractivity contribution in [2.24, 2.45) is 0 Å². The van der Waals surface area contributed by atoms with Crippen LogP contribution >= 0.6 is 15.9 Å². The number of methoxy groups -OCH3 is 1. The molecule has 1 aromatic carbocycles. The van der Waals surface area contributed by atoms with E-state index in [9.17, 15) is 13.6 Å². The van der Waals surface area contributed by atoms with Gasteiger partial charge in [0, 0.05) is 7.11 Å². The van der Waals surface area contributed by atoms with Gasteiger partial charge in [-0.1, -0.05) is 25.7 Å². The topological polar surface area (TPSA) is 26.3 Å². The highest BCUT2D eigenvalue weighted by Gasteiger charge is 2.41. The largest absolute Gasteiger partial charge is 0.370 e. The monoisotopic (exact) mass is 346 g/mol. The maximum absolute atomic E-state index is 14.1. The fourth-order valence-electron chi connectivity index (χ4n) is 2.79. The molecule has 0 saturated heterocycles. The summed E-state index contributed by atoms with van der Waals surface area (Å²) in [4.78, 5) is 12.7. The summed E-state index contributed by atoms with van der Waals surface area (Å²) in [6.07, 6.45) is 4.71. The Morgan fingerprint density at radius 1 is 1.20 bits per heavy atom. The number of hydrogen-bond acceptors (Lipinski definition) is 2. The van der Waals surface area contributed by atoms with Crippen molar-refractivity contribution < 1.29 is 18.3 Å². The van der Waals surface area contributed by atoms with Crippen LogP contribution in [-0.4, -0.2) is 18.5 Å². The minimum Gasteiger partial charge on any atom is -0.370 e. The molecule has 1 aliphatic rings. The average Bonchev–Trinajstić information content (AvgIpc) is 2.69. The summed E-state index contributed by atoms with van der Waals surface area (Å²) < 4.78 is 33.5. The van der Waals surface area contributed by atoms with E-state index in [2.05, 4.69) is 15.9 Å². The van der Waals surface area contributed by atoms with Crippen molar-refractivity contribution in [3.8, 4) is 0 Å². The number of carbonyl (C=O) groups excluding carboxylic acids is 1. The molecule has 0 unspecified atom stereocenters. The van der Waals surface area contributed by atoms with E-state index in [1.54, 1.807) is 0 Å². The van der Waals surface area contributed by atoms with Crippen LogP contribution in [0, 0.1) is 11.6 Å². The van der Waals surface area contributed by atoms with Crippen LogP contribution in [0.25, 0.3) is 0 Å². The summed E-state index contributed by atoms with van der Waals surface area (Å²) in [7, 11) is 1.44. The highest BCUT2D eigenvalue weighted by atomic mass is 79.9. The Labute approximate surface area is 125 Å². The van der Waals surface area contributed by atoms with Crippen molar-refractivity contribution in [1.82, 2.24) is 0 Å². The fraction of sp³-hybridized carbons (Fsp3) is 0.533. The van der Waals surface area contributed by atoms with Gasteiger partial charge in [0.1, 0.15) is 11.4 Å². The van der Waals surface area contributed by atoms with E-state index < -0.39 is 28.6 Å². The molecule has 110 valence electrons. The molecule has 1 saturated carbocycles. The first-order chi connectivity index (χ1) is 9.52. The smallest absolute Gasteiger partial charge is 0.200 e. The molecular weight excluding hydrogens is 330 g/mol. The van der Waals surface area contributed by atoms with E-state index >= 15 is 0 Å². The van der Waals surface area contributed by atoms with Crippen LogP contribution in [0.3, 0.4) is 0 Å². The lowest BCUT2D eigenvalue weighted by Gasteiger charge is -2.30. The molecule has 0 spiro atoms. The van der Waals surface area contributed by atoms with E-state index in [0.717, 1.165) is 31.7 Å². The Balaban J connectivity index is 2.45. The minimum atomic E-state index is -1.10. The molecule has 2 rings (SSSR count). The Morgan fingerprint density at radius 2 is 1.80 bits per heavy atom. The van der Waals surface area contributed by atoms with Gasteiger partial charge in [0.05, 0.1) is 10.0 Å². The van der Waals surface area contributed by atoms with Crippen molar-refractivity contribution in [2.45, 2.75) is 44.1 Å². The van der Waals surface area contributed by atoms with Crippen molar-refractivity contribution in [1.29, 1.82) is 0 Å². The quantitative estimate of drug-likeness (QED) is 0.452. The molecule has 1 aliphatic carbocycles. The number of benzene rings is 1. The maximum atomic E-state index is 14.1. The molecular formula is C15H17BrF2O2. The Morgan fingerprint density at radius 3 is 2.35 bits per heavy atom. The fourth-order valence-corrected chi connectivity index (χ4v) is 3.12. The third kappa shape index (κ3) is 2.79. The first kappa shape index (κ1) is 15.6. The molecule has 0 N–H and O–H groups in total. The number of Topliss-reactive ketones (excluding diaryl/α,β-unsaturated/α-hetero) is 1. The molecule has 0 aliphatic heterocycles. The van der Waals surface area contributed by atoms with Gasteiger partial charge in [0.25, 0.3) is 0 Å². The summed E-state index contributed by atoms with van der Waals surface area (Å²) in [5.41, 5.74) is -1.60. The number of ether oxygens (including phenoxy) is 1. The van der Waals surface area contributed by atoms with Gasteiger partial charge >= 0.3 is 0 Å². The zero-order chi connectivity index (χ0) is 14.8. The standard InChI is InChI=1S/C15H17BrF2O2/c1-20-15(8-4-2-3-5-9-15)14(19)12-11(17)7-6-10(16)13(12)18/h6-7H,2-5,8-9H2,1H3. The lowest BCUT2D eigenvalue weighted by atomic mass is 9.85. The number of hydrogen-bond donors (Lipinski definition) is 0. The lowest BCUT2D eigenvalue weighted by Crippen LogP contribution is -2.41. The molecule has 20 heavy (non-hydrogen) atoms. The number of carbonyl (C=O) groups is 1. The molecule has 1 aromatic rings. The van der Waals surface area contributed by atoms with Gasteiger partial charge in [-0.25, -0.2) is 8.78 Å². The third-order valence-corrected chi connectivity index (χ3v) is 4.60. The maximum Gasteiger partial charge on any atom is 0.200 e.